The molecule has 0 atom stereocenters. The highest BCUT2D eigenvalue weighted by Gasteiger charge is 2.18. The summed E-state index contributed by atoms with van der Waals surface area (Å²) in [6.45, 7) is 3.88. The van der Waals surface area contributed by atoms with Crippen molar-refractivity contribution in [3.8, 4) is 17.1 Å². The van der Waals surface area contributed by atoms with Crippen molar-refractivity contribution in [1.29, 1.82) is 0 Å². The van der Waals surface area contributed by atoms with E-state index in [9.17, 15) is 5.21 Å². The van der Waals surface area contributed by atoms with Gasteiger partial charge in [0.1, 0.15) is 33.8 Å². The number of rotatable bonds is 3. The molecule has 132 valence electrons. The summed E-state index contributed by atoms with van der Waals surface area (Å²) in [5, 5.41) is 15.5. The van der Waals surface area contributed by atoms with Gasteiger partial charge in [0.2, 0.25) is 0 Å². The second-order valence-corrected chi connectivity index (χ2v) is 6.14. The van der Waals surface area contributed by atoms with Gasteiger partial charge in [0, 0.05) is 16.8 Å². The lowest BCUT2D eigenvalue weighted by atomic mass is 10.0. The summed E-state index contributed by atoms with van der Waals surface area (Å²) in [7, 11) is 1.63. The average Bonchev–Trinajstić information content (AvgIpc) is 3.09. The second kappa shape index (κ2) is 6.26. The number of para-hydroxylation sites is 1. The first kappa shape index (κ1) is 16.3. The molecule has 0 spiro atoms. The zero-order valence-corrected chi connectivity index (χ0v) is 14.9. The molecule has 2 aromatic heterocycles. The van der Waals surface area contributed by atoms with Gasteiger partial charge in [-0.25, -0.2) is 0 Å². The Morgan fingerprint density at radius 2 is 1.88 bits per heavy atom. The molecule has 0 aliphatic rings. The van der Waals surface area contributed by atoms with Crippen LogP contribution in [-0.2, 0) is 6.42 Å². The van der Waals surface area contributed by atoms with Crippen molar-refractivity contribution >= 4 is 21.9 Å². The number of aryl methyl sites for hydroxylation is 2. The zero-order chi connectivity index (χ0) is 18.3. The minimum absolute atomic E-state index is 0.431. The molecule has 5 heteroatoms. The Morgan fingerprint density at radius 1 is 1.08 bits per heavy atom. The fourth-order valence-corrected chi connectivity index (χ4v) is 3.36. The number of furan rings is 1. The Kier molecular flexibility index (Phi) is 3.92. The average molecular weight is 349 g/mol. The molecule has 0 saturated heterocycles. The minimum Gasteiger partial charge on any atom is -0.496 e. The van der Waals surface area contributed by atoms with Crippen LogP contribution >= 0.6 is 0 Å². The molecule has 0 radical (unpaired) electrons. The van der Waals surface area contributed by atoms with Crippen LogP contribution in [0.25, 0.3) is 33.3 Å². The highest BCUT2D eigenvalue weighted by atomic mass is 16.5. The third-order valence-electron chi connectivity index (χ3n) is 4.64. The van der Waals surface area contributed by atoms with Crippen LogP contribution in [0.15, 0.2) is 56.5 Å². The van der Waals surface area contributed by atoms with Gasteiger partial charge in [0.15, 0.2) is 0 Å². The van der Waals surface area contributed by atoms with Crippen molar-refractivity contribution in [2.24, 2.45) is 5.16 Å². The number of hydrogen-bond donors (Lipinski definition) is 1. The zero-order valence-electron chi connectivity index (χ0n) is 14.9. The molecule has 0 fully saturated rings. The van der Waals surface area contributed by atoms with Crippen LogP contribution < -0.4 is 10.1 Å². The molecule has 1 N–H and O–H groups in total. The van der Waals surface area contributed by atoms with E-state index < -0.39 is 0 Å². The van der Waals surface area contributed by atoms with E-state index in [1.165, 1.54) is 0 Å². The van der Waals surface area contributed by atoms with E-state index in [2.05, 4.69) is 5.16 Å². The first-order valence-electron chi connectivity index (χ1n) is 8.47. The molecule has 26 heavy (non-hydrogen) atoms. The molecule has 2 aromatic carbocycles. The number of hydrogen-bond acceptors (Lipinski definition) is 5. The Hall–Kier alpha value is -3.21. The number of benzene rings is 2. The van der Waals surface area contributed by atoms with Crippen LogP contribution in [0.3, 0.4) is 0 Å². The molecule has 2 heterocycles. The lowest BCUT2D eigenvalue weighted by Gasteiger charge is -2.11. The Labute approximate surface area is 150 Å². The molecule has 0 aliphatic carbocycles. The van der Waals surface area contributed by atoms with Crippen LogP contribution in [0.1, 0.15) is 18.2 Å². The fourth-order valence-electron chi connectivity index (χ4n) is 3.36. The number of methoxy groups -OCH3 is 1. The van der Waals surface area contributed by atoms with E-state index in [-0.39, 0.29) is 0 Å². The van der Waals surface area contributed by atoms with Crippen LogP contribution in [0.2, 0.25) is 0 Å². The molecule has 0 bridgehead atoms. The van der Waals surface area contributed by atoms with Crippen molar-refractivity contribution < 1.29 is 18.8 Å². The van der Waals surface area contributed by atoms with Gasteiger partial charge in [-0.1, -0.05) is 30.3 Å². The first-order chi connectivity index (χ1) is 12.7. The van der Waals surface area contributed by atoms with Gasteiger partial charge in [-0.15, -0.1) is 0 Å². The fraction of sp³-hybridized carbons (Fsp3) is 0.190. The highest BCUT2D eigenvalue weighted by Crippen LogP contribution is 2.32. The molecule has 0 aliphatic heterocycles. The number of nitrogens with zero attached hydrogens (tertiary/aromatic N) is 1. The van der Waals surface area contributed by atoms with Crippen molar-refractivity contribution in [2.75, 3.05) is 7.11 Å². The van der Waals surface area contributed by atoms with Gasteiger partial charge < -0.3 is 18.8 Å². The van der Waals surface area contributed by atoms with E-state index in [1.807, 2.05) is 56.3 Å². The summed E-state index contributed by atoms with van der Waals surface area (Å²) in [4.78, 5) is 0. The second-order valence-electron chi connectivity index (χ2n) is 6.14. The predicted octanol–water partition coefficient (Wildman–Crippen LogP) is 5.02. The molecule has 4 rings (SSSR count). The molecule has 0 unspecified atom stereocenters. The molecule has 0 saturated carbocycles. The summed E-state index contributed by atoms with van der Waals surface area (Å²) in [5.41, 5.74) is 3.03. The quantitative estimate of drug-likeness (QED) is 0.417. The van der Waals surface area contributed by atoms with E-state index in [4.69, 9.17) is 13.6 Å². The predicted molar refractivity (Wildman–Crippen MR) is 99.4 cm³/mol. The van der Waals surface area contributed by atoms with Gasteiger partial charge in [0.05, 0.1) is 12.7 Å². The van der Waals surface area contributed by atoms with Crippen LogP contribution in [0.4, 0.5) is 0 Å². The lowest BCUT2D eigenvalue weighted by Crippen LogP contribution is -2.10. The Morgan fingerprint density at radius 3 is 2.58 bits per heavy atom. The summed E-state index contributed by atoms with van der Waals surface area (Å²) >= 11 is 0. The molecule has 5 nitrogen and oxygen atoms in total. The van der Waals surface area contributed by atoms with Crippen molar-refractivity contribution in [2.45, 2.75) is 20.3 Å². The van der Waals surface area contributed by atoms with Crippen LogP contribution in [0.5, 0.6) is 5.75 Å². The molecule has 4 aromatic rings. The largest absolute Gasteiger partial charge is 0.496 e. The molecular weight excluding hydrogens is 330 g/mol. The van der Waals surface area contributed by atoms with E-state index in [0.717, 1.165) is 28.7 Å². The molecular formula is C21H19NO4. The minimum atomic E-state index is 0.431. The maximum Gasteiger partial charge on any atom is 0.141 e. The Bertz CT molecular complexity index is 1150. The van der Waals surface area contributed by atoms with Gasteiger partial charge in [-0.05, 0) is 37.1 Å². The lowest BCUT2D eigenvalue weighted by molar-refractivity contribution is 0.302. The maximum absolute atomic E-state index is 9.78. The van der Waals surface area contributed by atoms with Gasteiger partial charge >= 0.3 is 0 Å². The number of ether oxygens (including phenoxy) is 1. The summed E-state index contributed by atoms with van der Waals surface area (Å²) in [6.07, 6.45) is 0.790. The maximum atomic E-state index is 9.78. The smallest absolute Gasteiger partial charge is 0.141 e. The van der Waals surface area contributed by atoms with Crippen molar-refractivity contribution in [3.05, 3.63) is 59.1 Å². The highest BCUT2D eigenvalue weighted by molar-refractivity contribution is 5.87. The van der Waals surface area contributed by atoms with Crippen LogP contribution in [-0.4, -0.2) is 12.3 Å². The van der Waals surface area contributed by atoms with E-state index in [0.29, 0.717) is 33.4 Å². The third-order valence-corrected chi connectivity index (χ3v) is 4.64. The summed E-state index contributed by atoms with van der Waals surface area (Å²) < 4.78 is 17.4. The summed E-state index contributed by atoms with van der Waals surface area (Å²) in [5.74, 6) is 1.97. The van der Waals surface area contributed by atoms with Crippen molar-refractivity contribution in [1.82, 2.24) is 0 Å². The van der Waals surface area contributed by atoms with Crippen LogP contribution in [0, 0.1) is 6.92 Å². The first-order valence-corrected chi connectivity index (χ1v) is 8.47. The van der Waals surface area contributed by atoms with E-state index in [1.54, 1.807) is 7.11 Å². The number of fused-ring (bicyclic) bond motifs is 2. The van der Waals surface area contributed by atoms with Gasteiger partial charge in [-0.2, -0.15) is 0 Å². The van der Waals surface area contributed by atoms with Gasteiger partial charge in [0.25, 0.3) is 0 Å². The SMILES string of the molecule is CCc1cc2/c(=N\O)c(-c3cc4ccccc4o3)c(C)oc2cc1OC. The van der Waals surface area contributed by atoms with Gasteiger partial charge in [-0.3, -0.25) is 0 Å². The standard InChI is InChI=1S/C21H19NO4/c1-4-13-9-15-18(11-17(13)24-3)25-12(2)20(21(15)22-23)19-10-14-7-5-6-8-16(14)26-19/h5-11,23H,4H2,1-3H3/b22-21+. The Balaban J connectivity index is 2.08. The van der Waals surface area contributed by atoms with E-state index >= 15 is 0 Å². The monoisotopic (exact) mass is 349 g/mol. The van der Waals surface area contributed by atoms with Crippen molar-refractivity contribution in [3.63, 3.8) is 0 Å². The molecule has 0 amide bonds. The summed E-state index contributed by atoms with van der Waals surface area (Å²) in [6, 6.07) is 13.5. The topological polar surface area (TPSA) is 68.1 Å². The normalized spacial score (nSPS) is 12.2. The third kappa shape index (κ3) is 2.44.